The van der Waals surface area contributed by atoms with Crippen LogP contribution in [0.2, 0.25) is 0 Å². The van der Waals surface area contributed by atoms with Crippen LogP contribution in [-0.2, 0) is 10.7 Å². The SMILES string of the molecule is COC(=O)c1ccc(C(F)(F)C2CCN(c3ccc([N+](=O)[O-])nc3)CC2)cc1. The number of benzene rings is 1. The number of alkyl halides is 2. The number of hydrogen-bond donors (Lipinski definition) is 0. The van der Waals surface area contributed by atoms with Gasteiger partial charge in [0.15, 0.2) is 6.20 Å². The summed E-state index contributed by atoms with van der Waals surface area (Å²) >= 11 is 0. The van der Waals surface area contributed by atoms with Gasteiger partial charge in [0.1, 0.15) is 0 Å². The van der Waals surface area contributed by atoms with Crippen molar-refractivity contribution in [1.29, 1.82) is 0 Å². The van der Waals surface area contributed by atoms with Crippen molar-refractivity contribution in [2.75, 3.05) is 25.1 Å². The van der Waals surface area contributed by atoms with E-state index in [1.807, 2.05) is 4.90 Å². The Kier molecular flexibility index (Phi) is 5.53. The molecule has 0 aliphatic carbocycles. The molecule has 7 nitrogen and oxygen atoms in total. The first kappa shape index (κ1) is 19.7. The van der Waals surface area contributed by atoms with Crippen LogP contribution < -0.4 is 4.90 Å². The molecule has 1 aliphatic rings. The molecule has 2 aromatic rings. The number of pyridine rings is 1. The molecule has 1 aromatic heterocycles. The Labute approximate surface area is 160 Å². The predicted molar refractivity (Wildman–Crippen MR) is 97.5 cm³/mol. The number of methoxy groups -OCH3 is 1. The number of piperidine rings is 1. The first-order valence-electron chi connectivity index (χ1n) is 8.75. The van der Waals surface area contributed by atoms with Crippen molar-refractivity contribution < 1.29 is 23.2 Å². The summed E-state index contributed by atoms with van der Waals surface area (Å²) in [4.78, 5) is 27.2. The van der Waals surface area contributed by atoms with Gasteiger partial charge in [-0.1, -0.05) is 12.1 Å². The lowest BCUT2D eigenvalue weighted by Gasteiger charge is -2.36. The van der Waals surface area contributed by atoms with Crippen molar-refractivity contribution in [3.8, 4) is 0 Å². The van der Waals surface area contributed by atoms with Gasteiger partial charge >= 0.3 is 11.8 Å². The van der Waals surface area contributed by atoms with Crippen LogP contribution in [0.4, 0.5) is 20.3 Å². The van der Waals surface area contributed by atoms with E-state index in [2.05, 4.69) is 9.72 Å². The van der Waals surface area contributed by atoms with Gasteiger partial charge in [0.2, 0.25) is 0 Å². The van der Waals surface area contributed by atoms with Gasteiger partial charge in [0.25, 0.3) is 5.92 Å². The van der Waals surface area contributed by atoms with E-state index in [1.165, 1.54) is 43.6 Å². The van der Waals surface area contributed by atoms with Gasteiger partial charge in [-0.25, -0.2) is 13.6 Å². The van der Waals surface area contributed by atoms with E-state index in [9.17, 15) is 23.7 Å². The van der Waals surface area contributed by atoms with E-state index in [-0.39, 0.29) is 29.8 Å². The lowest BCUT2D eigenvalue weighted by Crippen LogP contribution is -2.39. The third-order valence-electron chi connectivity index (χ3n) is 4.98. The van der Waals surface area contributed by atoms with Gasteiger partial charge in [0, 0.05) is 30.6 Å². The van der Waals surface area contributed by atoms with Crippen LogP contribution in [0.15, 0.2) is 42.6 Å². The first-order valence-corrected chi connectivity index (χ1v) is 8.75. The third-order valence-corrected chi connectivity index (χ3v) is 4.98. The molecule has 1 aromatic carbocycles. The van der Waals surface area contributed by atoms with Crippen LogP contribution in [0.5, 0.6) is 0 Å². The van der Waals surface area contributed by atoms with Crippen molar-refractivity contribution >= 4 is 17.5 Å². The molecule has 0 spiro atoms. The monoisotopic (exact) mass is 391 g/mol. The summed E-state index contributed by atoms with van der Waals surface area (Å²) in [7, 11) is 1.24. The summed E-state index contributed by atoms with van der Waals surface area (Å²) in [6.45, 7) is 0.806. The molecule has 0 N–H and O–H groups in total. The summed E-state index contributed by atoms with van der Waals surface area (Å²) in [5.41, 5.74) is 0.771. The Balaban J connectivity index is 1.66. The van der Waals surface area contributed by atoms with Crippen LogP contribution in [0.3, 0.4) is 0 Å². The number of hydrogen-bond acceptors (Lipinski definition) is 6. The molecule has 28 heavy (non-hydrogen) atoms. The topological polar surface area (TPSA) is 85.6 Å². The average molecular weight is 391 g/mol. The molecule has 0 radical (unpaired) electrons. The molecule has 1 aliphatic heterocycles. The van der Waals surface area contributed by atoms with Crippen molar-refractivity contribution in [2.24, 2.45) is 5.92 Å². The van der Waals surface area contributed by atoms with E-state index in [4.69, 9.17) is 0 Å². The highest BCUT2D eigenvalue weighted by Gasteiger charge is 2.42. The quantitative estimate of drug-likeness (QED) is 0.438. The highest BCUT2D eigenvalue weighted by molar-refractivity contribution is 5.89. The summed E-state index contributed by atoms with van der Waals surface area (Å²) < 4.78 is 34.4. The molecule has 0 amide bonds. The third kappa shape index (κ3) is 3.92. The second-order valence-electron chi connectivity index (χ2n) is 6.58. The average Bonchev–Trinajstić information content (AvgIpc) is 2.73. The summed E-state index contributed by atoms with van der Waals surface area (Å²) in [6, 6.07) is 8.09. The van der Waals surface area contributed by atoms with E-state index in [0.717, 1.165) is 0 Å². The maximum absolute atomic E-state index is 14.9. The Morgan fingerprint density at radius 2 is 1.86 bits per heavy atom. The fourth-order valence-electron chi connectivity index (χ4n) is 3.36. The van der Waals surface area contributed by atoms with Crippen LogP contribution in [0.1, 0.15) is 28.8 Å². The van der Waals surface area contributed by atoms with Crippen LogP contribution in [0.25, 0.3) is 0 Å². The zero-order valence-corrected chi connectivity index (χ0v) is 15.2. The zero-order valence-electron chi connectivity index (χ0n) is 15.2. The van der Waals surface area contributed by atoms with Crippen LogP contribution in [-0.4, -0.2) is 36.1 Å². The molecule has 1 saturated heterocycles. The van der Waals surface area contributed by atoms with Gasteiger partial charge in [-0.05, 0) is 40.9 Å². The molecule has 0 atom stereocenters. The number of aromatic nitrogens is 1. The maximum atomic E-state index is 14.9. The molecule has 3 rings (SSSR count). The number of carbonyl (C=O) groups excluding carboxylic acids is 1. The number of halogens is 2. The first-order chi connectivity index (χ1) is 13.3. The molecule has 0 unspecified atom stereocenters. The second kappa shape index (κ2) is 7.87. The number of rotatable bonds is 5. The minimum atomic E-state index is -3.02. The van der Waals surface area contributed by atoms with Gasteiger partial charge in [0.05, 0.1) is 18.4 Å². The van der Waals surface area contributed by atoms with Gasteiger partial charge < -0.3 is 19.8 Å². The maximum Gasteiger partial charge on any atom is 0.363 e. The highest BCUT2D eigenvalue weighted by Crippen LogP contribution is 2.42. The molecule has 1 fully saturated rings. The molecule has 0 bridgehead atoms. The lowest BCUT2D eigenvalue weighted by molar-refractivity contribution is -0.389. The number of carbonyl (C=O) groups is 1. The number of esters is 1. The number of nitrogens with zero attached hydrogens (tertiary/aromatic N) is 3. The molecular formula is C19H19F2N3O4. The highest BCUT2D eigenvalue weighted by atomic mass is 19.3. The van der Waals surface area contributed by atoms with E-state index >= 15 is 0 Å². The van der Waals surface area contributed by atoms with E-state index < -0.39 is 22.7 Å². The molecular weight excluding hydrogens is 372 g/mol. The lowest BCUT2D eigenvalue weighted by atomic mass is 9.86. The van der Waals surface area contributed by atoms with Gasteiger partial charge in [-0.2, -0.15) is 0 Å². The zero-order chi connectivity index (χ0) is 20.3. The largest absolute Gasteiger partial charge is 0.465 e. The van der Waals surface area contributed by atoms with Crippen molar-refractivity contribution in [3.05, 3.63) is 63.8 Å². The van der Waals surface area contributed by atoms with Crippen LogP contribution >= 0.6 is 0 Å². The Morgan fingerprint density at radius 1 is 1.21 bits per heavy atom. The minimum Gasteiger partial charge on any atom is -0.465 e. The fraction of sp³-hybridized carbons (Fsp3) is 0.368. The molecule has 2 heterocycles. The Bertz CT molecular complexity index is 848. The van der Waals surface area contributed by atoms with E-state index in [0.29, 0.717) is 18.8 Å². The Morgan fingerprint density at radius 3 is 2.36 bits per heavy atom. The normalized spacial score (nSPS) is 15.3. The van der Waals surface area contributed by atoms with Crippen molar-refractivity contribution in [2.45, 2.75) is 18.8 Å². The minimum absolute atomic E-state index is 0.129. The fourth-order valence-corrected chi connectivity index (χ4v) is 3.36. The summed E-state index contributed by atoms with van der Waals surface area (Å²) in [5, 5.41) is 10.7. The number of ether oxygens (including phenoxy) is 1. The van der Waals surface area contributed by atoms with Gasteiger partial charge in [-0.3, -0.25) is 0 Å². The predicted octanol–water partition coefficient (Wildman–Crippen LogP) is 3.78. The Hall–Kier alpha value is -3.10. The van der Waals surface area contributed by atoms with Crippen LogP contribution in [0, 0.1) is 16.0 Å². The molecule has 0 saturated carbocycles. The summed E-state index contributed by atoms with van der Waals surface area (Å²) in [6.07, 6.45) is 1.92. The summed E-state index contributed by atoms with van der Waals surface area (Å²) in [5.74, 6) is -4.67. The standard InChI is InChI=1S/C19H19F2N3O4/c1-28-18(25)13-2-4-14(5-3-13)19(20,21)15-8-10-23(11-9-15)16-6-7-17(22-12-16)24(26)27/h2-7,12,15H,8-11H2,1H3. The van der Waals surface area contributed by atoms with Crippen molar-refractivity contribution in [3.63, 3.8) is 0 Å². The second-order valence-corrected chi connectivity index (χ2v) is 6.58. The van der Waals surface area contributed by atoms with Crippen molar-refractivity contribution in [1.82, 2.24) is 4.98 Å². The van der Waals surface area contributed by atoms with Gasteiger partial charge in [-0.15, -0.1) is 0 Å². The van der Waals surface area contributed by atoms with E-state index in [1.54, 1.807) is 6.07 Å². The molecule has 148 valence electrons. The number of nitro groups is 1. The smallest absolute Gasteiger partial charge is 0.363 e. The molecule has 9 heteroatoms. The number of anilines is 1.